The molecule has 0 bridgehead atoms. The van der Waals surface area contributed by atoms with Crippen molar-refractivity contribution < 1.29 is 0 Å². The predicted octanol–water partition coefficient (Wildman–Crippen LogP) is -0.627. The van der Waals surface area contributed by atoms with Crippen molar-refractivity contribution in [2.75, 3.05) is 33.2 Å². The van der Waals surface area contributed by atoms with Crippen LogP contribution in [0.3, 0.4) is 0 Å². The van der Waals surface area contributed by atoms with Crippen LogP contribution in [0.4, 0.5) is 0 Å². The summed E-state index contributed by atoms with van der Waals surface area (Å²) in [5.41, 5.74) is 6.52. The molecular formula is C11H22N6. The van der Waals surface area contributed by atoms with Crippen LogP contribution < -0.4 is 5.73 Å². The molecule has 0 saturated carbocycles. The maximum absolute atomic E-state index is 5.48. The molecule has 1 atom stereocenters. The molecule has 1 aromatic rings. The second-order valence-corrected chi connectivity index (χ2v) is 4.83. The first-order valence-electron chi connectivity index (χ1n) is 6.20. The fourth-order valence-electron chi connectivity index (χ4n) is 2.15. The van der Waals surface area contributed by atoms with Gasteiger partial charge in [0.1, 0.15) is 0 Å². The minimum absolute atomic E-state index is 0.605. The topological polar surface area (TPSA) is 63.2 Å². The fourth-order valence-corrected chi connectivity index (χ4v) is 2.15. The van der Waals surface area contributed by atoms with Crippen molar-refractivity contribution in [3.05, 3.63) is 11.9 Å². The number of aromatic nitrogens is 3. The van der Waals surface area contributed by atoms with E-state index in [2.05, 4.69) is 34.1 Å². The second-order valence-electron chi connectivity index (χ2n) is 4.83. The van der Waals surface area contributed by atoms with E-state index in [1.54, 1.807) is 0 Å². The summed E-state index contributed by atoms with van der Waals surface area (Å²) >= 11 is 0. The lowest BCUT2D eigenvalue weighted by Gasteiger charge is -2.37. The van der Waals surface area contributed by atoms with E-state index in [0.717, 1.165) is 38.4 Å². The number of hydrogen-bond donors (Lipinski definition) is 1. The Labute approximate surface area is 102 Å². The van der Waals surface area contributed by atoms with E-state index in [4.69, 9.17) is 5.73 Å². The fraction of sp³-hybridized carbons (Fsp3) is 0.818. The van der Waals surface area contributed by atoms with Crippen LogP contribution in [0.2, 0.25) is 0 Å². The van der Waals surface area contributed by atoms with E-state index in [9.17, 15) is 0 Å². The van der Waals surface area contributed by atoms with E-state index < -0.39 is 0 Å². The van der Waals surface area contributed by atoms with E-state index in [-0.39, 0.29) is 0 Å². The summed E-state index contributed by atoms with van der Waals surface area (Å²) in [6.45, 7) is 7.82. The van der Waals surface area contributed by atoms with Gasteiger partial charge in [0.15, 0.2) is 0 Å². The van der Waals surface area contributed by atoms with E-state index in [1.807, 2.05) is 10.9 Å². The SMILES string of the molecule is CC1CN(Cc2cn(CCN)nn2)CCN1C. The van der Waals surface area contributed by atoms with Crippen molar-refractivity contribution in [1.82, 2.24) is 24.8 Å². The Morgan fingerprint density at radius 3 is 3.00 bits per heavy atom. The zero-order valence-electron chi connectivity index (χ0n) is 10.7. The number of likely N-dealkylation sites (N-methyl/N-ethyl adjacent to an activating group) is 1. The van der Waals surface area contributed by atoms with Gasteiger partial charge in [-0.1, -0.05) is 5.21 Å². The first kappa shape index (κ1) is 12.5. The van der Waals surface area contributed by atoms with Crippen LogP contribution in [0, 0.1) is 0 Å². The maximum atomic E-state index is 5.48. The minimum Gasteiger partial charge on any atom is -0.329 e. The van der Waals surface area contributed by atoms with Gasteiger partial charge in [0.2, 0.25) is 0 Å². The lowest BCUT2D eigenvalue weighted by molar-refractivity contribution is 0.0990. The molecule has 17 heavy (non-hydrogen) atoms. The molecular weight excluding hydrogens is 216 g/mol. The minimum atomic E-state index is 0.605. The van der Waals surface area contributed by atoms with Crippen LogP contribution in [-0.2, 0) is 13.1 Å². The standard InChI is InChI=1S/C11H22N6/c1-10-7-16(6-5-15(10)2)8-11-9-17(4-3-12)14-13-11/h9-10H,3-8,12H2,1-2H3. The summed E-state index contributed by atoms with van der Waals surface area (Å²) in [4.78, 5) is 4.82. The Kier molecular flexibility index (Phi) is 4.09. The van der Waals surface area contributed by atoms with Crippen LogP contribution in [0.5, 0.6) is 0 Å². The average molecular weight is 238 g/mol. The molecule has 1 aliphatic heterocycles. The first-order valence-corrected chi connectivity index (χ1v) is 6.20. The van der Waals surface area contributed by atoms with Gasteiger partial charge < -0.3 is 10.6 Å². The molecule has 1 aromatic heterocycles. The molecule has 1 saturated heterocycles. The van der Waals surface area contributed by atoms with Gasteiger partial charge in [-0.2, -0.15) is 0 Å². The Hall–Kier alpha value is -0.980. The zero-order chi connectivity index (χ0) is 12.3. The van der Waals surface area contributed by atoms with E-state index >= 15 is 0 Å². The van der Waals surface area contributed by atoms with Gasteiger partial charge >= 0.3 is 0 Å². The third kappa shape index (κ3) is 3.24. The molecule has 0 aliphatic carbocycles. The van der Waals surface area contributed by atoms with Gasteiger partial charge in [0.25, 0.3) is 0 Å². The molecule has 0 spiro atoms. The molecule has 1 aliphatic rings. The predicted molar refractivity (Wildman–Crippen MR) is 66.4 cm³/mol. The van der Waals surface area contributed by atoms with Crippen LogP contribution in [0.1, 0.15) is 12.6 Å². The number of nitrogens with two attached hydrogens (primary N) is 1. The molecule has 6 nitrogen and oxygen atoms in total. The quantitative estimate of drug-likeness (QED) is 0.757. The van der Waals surface area contributed by atoms with Gasteiger partial charge in [0.05, 0.1) is 12.2 Å². The summed E-state index contributed by atoms with van der Waals surface area (Å²) in [5.74, 6) is 0. The summed E-state index contributed by atoms with van der Waals surface area (Å²) in [6, 6.07) is 0.614. The highest BCUT2D eigenvalue weighted by atomic mass is 15.4. The molecule has 2 heterocycles. The molecule has 2 N–H and O–H groups in total. The molecule has 2 rings (SSSR count). The number of hydrogen-bond acceptors (Lipinski definition) is 5. The normalized spacial score (nSPS) is 23.1. The lowest BCUT2D eigenvalue weighted by Crippen LogP contribution is -2.49. The van der Waals surface area contributed by atoms with Gasteiger partial charge in [0, 0.05) is 45.0 Å². The Balaban J connectivity index is 1.87. The van der Waals surface area contributed by atoms with Crippen LogP contribution in [0.25, 0.3) is 0 Å². The maximum Gasteiger partial charge on any atom is 0.0967 e. The molecule has 0 aromatic carbocycles. The Morgan fingerprint density at radius 1 is 1.47 bits per heavy atom. The van der Waals surface area contributed by atoms with Gasteiger partial charge in [-0.15, -0.1) is 5.10 Å². The van der Waals surface area contributed by atoms with E-state index in [0.29, 0.717) is 12.6 Å². The summed E-state index contributed by atoms with van der Waals surface area (Å²) in [5, 5.41) is 8.23. The van der Waals surface area contributed by atoms with Crippen molar-refractivity contribution in [2.24, 2.45) is 5.73 Å². The average Bonchev–Trinajstić information content (AvgIpc) is 2.72. The third-order valence-corrected chi connectivity index (χ3v) is 3.37. The van der Waals surface area contributed by atoms with E-state index in [1.165, 1.54) is 0 Å². The van der Waals surface area contributed by atoms with Gasteiger partial charge in [-0.25, -0.2) is 0 Å². The number of piperazine rings is 1. The second kappa shape index (κ2) is 5.57. The number of nitrogens with zero attached hydrogens (tertiary/aromatic N) is 5. The Bertz CT molecular complexity index is 349. The zero-order valence-corrected chi connectivity index (χ0v) is 10.7. The van der Waals surface area contributed by atoms with Crippen molar-refractivity contribution in [2.45, 2.75) is 26.1 Å². The lowest BCUT2D eigenvalue weighted by atomic mass is 10.2. The third-order valence-electron chi connectivity index (χ3n) is 3.37. The molecule has 0 amide bonds. The number of rotatable bonds is 4. The van der Waals surface area contributed by atoms with Crippen LogP contribution >= 0.6 is 0 Å². The highest BCUT2D eigenvalue weighted by molar-refractivity contribution is 4.93. The van der Waals surface area contributed by atoms with Crippen molar-refractivity contribution in [3.63, 3.8) is 0 Å². The van der Waals surface area contributed by atoms with Crippen LogP contribution in [-0.4, -0.2) is 64.1 Å². The highest BCUT2D eigenvalue weighted by Crippen LogP contribution is 2.09. The van der Waals surface area contributed by atoms with Crippen molar-refractivity contribution in [1.29, 1.82) is 0 Å². The smallest absolute Gasteiger partial charge is 0.0967 e. The monoisotopic (exact) mass is 238 g/mol. The summed E-state index contributed by atoms with van der Waals surface area (Å²) in [6.07, 6.45) is 2.00. The first-order chi connectivity index (χ1) is 8.19. The largest absolute Gasteiger partial charge is 0.329 e. The molecule has 0 radical (unpaired) electrons. The Morgan fingerprint density at radius 2 is 2.29 bits per heavy atom. The van der Waals surface area contributed by atoms with Crippen molar-refractivity contribution >= 4 is 0 Å². The highest BCUT2D eigenvalue weighted by Gasteiger charge is 2.21. The van der Waals surface area contributed by atoms with Gasteiger partial charge in [-0.05, 0) is 14.0 Å². The molecule has 6 heteroatoms. The molecule has 1 unspecified atom stereocenters. The molecule has 1 fully saturated rings. The van der Waals surface area contributed by atoms with Crippen LogP contribution in [0.15, 0.2) is 6.20 Å². The summed E-state index contributed by atoms with van der Waals surface area (Å²) in [7, 11) is 2.18. The van der Waals surface area contributed by atoms with Crippen molar-refractivity contribution in [3.8, 4) is 0 Å². The van der Waals surface area contributed by atoms with Gasteiger partial charge in [-0.3, -0.25) is 9.58 Å². The summed E-state index contributed by atoms with van der Waals surface area (Å²) < 4.78 is 1.81. The molecule has 96 valence electrons.